The van der Waals surface area contributed by atoms with Gasteiger partial charge in [-0.2, -0.15) is 0 Å². The van der Waals surface area contributed by atoms with Crippen molar-refractivity contribution in [1.29, 1.82) is 0 Å². The summed E-state index contributed by atoms with van der Waals surface area (Å²) in [5.74, 6) is 0.405. The molecule has 1 rings (SSSR count). The van der Waals surface area contributed by atoms with E-state index in [2.05, 4.69) is 6.92 Å². The average molecular weight is 243 g/mol. The molecule has 3 unspecified atom stereocenters. The van der Waals surface area contributed by atoms with Crippen molar-refractivity contribution in [2.45, 2.75) is 58.1 Å². The highest BCUT2D eigenvalue weighted by molar-refractivity contribution is 5.75. The predicted molar refractivity (Wildman–Crippen MR) is 66.6 cm³/mol. The number of esters is 1. The molecule has 1 saturated carbocycles. The molecule has 100 valence electrons. The Morgan fingerprint density at radius 2 is 2.18 bits per heavy atom. The standard InChI is InChI=1S/C13H25NO3/c1-3-10-6-5-7-11(8-10)17-9-12(14)13(15)16-4-2/h10-12H,3-9,14H2,1-2H3. The maximum atomic E-state index is 11.3. The van der Waals surface area contributed by atoms with Crippen LogP contribution in [0.2, 0.25) is 0 Å². The van der Waals surface area contributed by atoms with Gasteiger partial charge in [-0.3, -0.25) is 4.79 Å². The molecular weight excluding hydrogens is 218 g/mol. The Hall–Kier alpha value is -0.610. The van der Waals surface area contributed by atoms with E-state index in [4.69, 9.17) is 15.2 Å². The highest BCUT2D eigenvalue weighted by Crippen LogP contribution is 2.28. The normalized spacial score (nSPS) is 26.5. The molecule has 0 spiro atoms. The first-order valence-corrected chi connectivity index (χ1v) is 6.71. The fraction of sp³-hybridized carbons (Fsp3) is 0.923. The second-order valence-electron chi connectivity index (χ2n) is 4.75. The van der Waals surface area contributed by atoms with Crippen LogP contribution in [0.25, 0.3) is 0 Å². The first-order valence-electron chi connectivity index (χ1n) is 6.71. The Labute approximate surface area is 104 Å². The number of rotatable bonds is 6. The van der Waals surface area contributed by atoms with Gasteiger partial charge in [-0.15, -0.1) is 0 Å². The van der Waals surface area contributed by atoms with Gasteiger partial charge in [-0.25, -0.2) is 0 Å². The van der Waals surface area contributed by atoms with Gasteiger partial charge in [-0.1, -0.05) is 26.2 Å². The molecule has 0 amide bonds. The van der Waals surface area contributed by atoms with Gasteiger partial charge in [0.15, 0.2) is 0 Å². The molecule has 1 aliphatic carbocycles. The molecule has 1 fully saturated rings. The third-order valence-electron chi connectivity index (χ3n) is 3.41. The Bertz CT molecular complexity index is 233. The maximum Gasteiger partial charge on any atom is 0.325 e. The fourth-order valence-corrected chi connectivity index (χ4v) is 2.32. The molecule has 0 saturated heterocycles. The van der Waals surface area contributed by atoms with Crippen molar-refractivity contribution in [1.82, 2.24) is 0 Å². The van der Waals surface area contributed by atoms with Gasteiger partial charge in [0.05, 0.1) is 19.3 Å². The van der Waals surface area contributed by atoms with Crippen molar-refractivity contribution in [3.05, 3.63) is 0 Å². The predicted octanol–water partition coefficient (Wildman–Crippen LogP) is 1.86. The maximum absolute atomic E-state index is 11.3. The van der Waals surface area contributed by atoms with Crippen molar-refractivity contribution in [2.24, 2.45) is 11.7 Å². The van der Waals surface area contributed by atoms with Crippen LogP contribution >= 0.6 is 0 Å². The summed E-state index contributed by atoms with van der Waals surface area (Å²) >= 11 is 0. The van der Waals surface area contributed by atoms with Gasteiger partial charge in [-0.05, 0) is 25.7 Å². The minimum absolute atomic E-state index is 0.272. The zero-order chi connectivity index (χ0) is 12.7. The number of nitrogens with two attached hydrogens (primary N) is 1. The molecule has 0 aromatic carbocycles. The molecule has 0 aliphatic heterocycles. The topological polar surface area (TPSA) is 61.5 Å². The largest absolute Gasteiger partial charge is 0.465 e. The lowest BCUT2D eigenvalue weighted by Crippen LogP contribution is -2.38. The molecule has 0 heterocycles. The summed E-state index contributed by atoms with van der Waals surface area (Å²) in [6, 6.07) is -0.642. The van der Waals surface area contributed by atoms with Gasteiger partial charge < -0.3 is 15.2 Å². The molecule has 0 radical (unpaired) electrons. The molecule has 1 aliphatic rings. The minimum atomic E-state index is -0.642. The summed E-state index contributed by atoms with van der Waals surface area (Å²) in [4.78, 5) is 11.3. The summed E-state index contributed by atoms with van der Waals surface area (Å²) in [7, 11) is 0. The second-order valence-corrected chi connectivity index (χ2v) is 4.75. The van der Waals surface area contributed by atoms with Crippen LogP contribution in [0.4, 0.5) is 0 Å². The molecule has 0 bridgehead atoms. The van der Waals surface area contributed by atoms with E-state index in [1.807, 2.05) is 0 Å². The number of ether oxygens (including phenoxy) is 2. The van der Waals surface area contributed by atoms with E-state index in [1.165, 1.54) is 19.3 Å². The van der Waals surface area contributed by atoms with Crippen LogP contribution < -0.4 is 5.73 Å². The van der Waals surface area contributed by atoms with Gasteiger partial charge >= 0.3 is 5.97 Å². The summed E-state index contributed by atoms with van der Waals surface area (Å²) in [6.45, 7) is 4.64. The smallest absolute Gasteiger partial charge is 0.325 e. The van der Waals surface area contributed by atoms with Gasteiger partial charge in [0.1, 0.15) is 6.04 Å². The van der Waals surface area contributed by atoms with Crippen LogP contribution in [0, 0.1) is 5.92 Å². The Morgan fingerprint density at radius 1 is 1.41 bits per heavy atom. The average Bonchev–Trinajstić information content (AvgIpc) is 2.36. The second kappa shape index (κ2) is 7.67. The Balaban J connectivity index is 2.23. The molecule has 0 aromatic rings. The summed E-state index contributed by atoms with van der Waals surface area (Å²) in [6.07, 6.45) is 6.20. The number of carbonyl (C=O) groups excluding carboxylic acids is 1. The number of carbonyl (C=O) groups is 1. The molecule has 4 nitrogen and oxygen atoms in total. The first-order chi connectivity index (χ1) is 8.17. The molecule has 3 atom stereocenters. The molecule has 2 N–H and O–H groups in total. The summed E-state index contributed by atoms with van der Waals surface area (Å²) < 4.78 is 10.6. The van der Waals surface area contributed by atoms with E-state index >= 15 is 0 Å². The van der Waals surface area contributed by atoms with Crippen molar-refractivity contribution < 1.29 is 14.3 Å². The summed E-state index contributed by atoms with van der Waals surface area (Å²) in [5, 5.41) is 0. The van der Waals surface area contributed by atoms with Crippen molar-refractivity contribution in [2.75, 3.05) is 13.2 Å². The number of hydrogen-bond acceptors (Lipinski definition) is 4. The minimum Gasteiger partial charge on any atom is -0.465 e. The van der Waals surface area contributed by atoms with Crippen LogP contribution in [0.3, 0.4) is 0 Å². The highest BCUT2D eigenvalue weighted by atomic mass is 16.5. The van der Waals surface area contributed by atoms with Gasteiger partial charge in [0, 0.05) is 0 Å². The van der Waals surface area contributed by atoms with Crippen molar-refractivity contribution in [3.8, 4) is 0 Å². The molecular formula is C13H25NO3. The molecule has 4 heteroatoms. The monoisotopic (exact) mass is 243 g/mol. The zero-order valence-corrected chi connectivity index (χ0v) is 11.0. The lowest BCUT2D eigenvalue weighted by molar-refractivity contribution is -0.147. The van der Waals surface area contributed by atoms with E-state index in [0.717, 1.165) is 18.8 Å². The third-order valence-corrected chi connectivity index (χ3v) is 3.41. The third kappa shape index (κ3) is 5.04. The lowest BCUT2D eigenvalue weighted by atomic mass is 9.85. The van der Waals surface area contributed by atoms with Crippen LogP contribution in [0.1, 0.15) is 46.0 Å². The lowest BCUT2D eigenvalue weighted by Gasteiger charge is -2.29. The van der Waals surface area contributed by atoms with Gasteiger partial charge in [0.25, 0.3) is 0 Å². The fourth-order valence-electron chi connectivity index (χ4n) is 2.32. The van der Waals surface area contributed by atoms with E-state index in [-0.39, 0.29) is 18.7 Å². The van der Waals surface area contributed by atoms with Crippen molar-refractivity contribution >= 4 is 5.97 Å². The van der Waals surface area contributed by atoms with Crippen LogP contribution in [-0.2, 0) is 14.3 Å². The SMILES string of the molecule is CCOC(=O)C(N)COC1CCCC(CC)C1. The van der Waals surface area contributed by atoms with Crippen LogP contribution in [0.5, 0.6) is 0 Å². The Kier molecular flexibility index (Phi) is 6.52. The van der Waals surface area contributed by atoms with E-state index in [9.17, 15) is 4.79 Å². The summed E-state index contributed by atoms with van der Waals surface area (Å²) in [5.41, 5.74) is 5.69. The van der Waals surface area contributed by atoms with E-state index in [1.54, 1.807) is 6.92 Å². The van der Waals surface area contributed by atoms with Crippen molar-refractivity contribution in [3.63, 3.8) is 0 Å². The highest BCUT2D eigenvalue weighted by Gasteiger charge is 2.23. The van der Waals surface area contributed by atoms with E-state index in [0.29, 0.717) is 6.61 Å². The molecule has 0 aromatic heterocycles. The molecule has 17 heavy (non-hydrogen) atoms. The van der Waals surface area contributed by atoms with Crippen LogP contribution in [0.15, 0.2) is 0 Å². The van der Waals surface area contributed by atoms with Crippen LogP contribution in [-0.4, -0.2) is 31.3 Å². The zero-order valence-electron chi connectivity index (χ0n) is 11.0. The number of hydrogen-bond donors (Lipinski definition) is 1. The Morgan fingerprint density at radius 3 is 2.82 bits per heavy atom. The first kappa shape index (κ1) is 14.5. The quantitative estimate of drug-likeness (QED) is 0.723. The van der Waals surface area contributed by atoms with E-state index < -0.39 is 6.04 Å². The van der Waals surface area contributed by atoms with Gasteiger partial charge in [0.2, 0.25) is 0 Å².